The molecule has 3 aromatic rings. The fraction of sp³-hybridized carbons (Fsp3) is 0.429. The van der Waals surface area contributed by atoms with E-state index >= 15 is 0 Å². The number of hydrogen-bond acceptors (Lipinski definition) is 5. The number of Topliss-reactive ketones (excluding diaryl/α,β-unsaturated/α-hetero) is 1. The van der Waals surface area contributed by atoms with Gasteiger partial charge in [-0.05, 0) is 50.4 Å². The molecule has 6 heteroatoms. The molecule has 0 spiro atoms. The maximum atomic E-state index is 12.4. The van der Waals surface area contributed by atoms with Crippen molar-refractivity contribution in [2.75, 3.05) is 19.6 Å². The molecule has 0 bridgehead atoms. The highest BCUT2D eigenvalue weighted by Gasteiger charge is 2.15. The molecular weight excluding hydrogens is 338 g/mol. The number of nitrogens with zero attached hydrogens (tertiary/aromatic N) is 5. The topological polar surface area (TPSA) is 63.9 Å². The molecule has 0 radical (unpaired) electrons. The molecule has 140 valence electrons. The molecule has 2 aromatic heterocycles. The third kappa shape index (κ3) is 3.90. The lowest BCUT2D eigenvalue weighted by atomic mass is 10.1. The van der Waals surface area contributed by atoms with Crippen molar-refractivity contribution in [3.63, 3.8) is 0 Å². The zero-order valence-electron chi connectivity index (χ0n) is 16.0. The van der Waals surface area contributed by atoms with Gasteiger partial charge in [-0.1, -0.05) is 18.6 Å². The van der Waals surface area contributed by atoms with Gasteiger partial charge in [0.25, 0.3) is 0 Å². The molecule has 0 atom stereocenters. The smallest absolute Gasteiger partial charge is 0.163 e. The van der Waals surface area contributed by atoms with E-state index in [0.29, 0.717) is 13.0 Å². The predicted octanol–water partition coefficient (Wildman–Crippen LogP) is 2.94. The molecule has 0 saturated carbocycles. The minimum atomic E-state index is 0.240. The van der Waals surface area contributed by atoms with Crippen LogP contribution in [0.5, 0.6) is 0 Å². The van der Waals surface area contributed by atoms with Crippen molar-refractivity contribution in [3.05, 3.63) is 42.0 Å². The third-order valence-corrected chi connectivity index (χ3v) is 5.36. The van der Waals surface area contributed by atoms with Gasteiger partial charge in [0.05, 0.1) is 13.0 Å². The lowest BCUT2D eigenvalue weighted by molar-refractivity contribution is -0.119. The number of pyridine rings is 1. The molecule has 1 aliphatic rings. The fourth-order valence-electron chi connectivity index (χ4n) is 3.71. The Labute approximate surface area is 159 Å². The molecule has 1 aromatic carbocycles. The second-order valence-corrected chi connectivity index (χ2v) is 7.42. The zero-order valence-corrected chi connectivity index (χ0v) is 16.0. The van der Waals surface area contributed by atoms with Crippen molar-refractivity contribution >= 4 is 16.6 Å². The summed E-state index contributed by atoms with van der Waals surface area (Å²) < 4.78 is 1.98. The van der Waals surface area contributed by atoms with Gasteiger partial charge in [-0.25, -0.2) is 0 Å². The Kier molecular flexibility index (Phi) is 4.99. The van der Waals surface area contributed by atoms with Crippen molar-refractivity contribution in [3.8, 4) is 11.4 Å². The number of benzene rings is 1. The molecule has 6 nitrogen and oxygen atoms in total. The van der Waals surface area contributed by atoms with Crippen molar-refractivity contribution in [1.29, 1.82) is 0 Å². The molecule has 1 fully saturated rings. The highest BCUT2D eigenvalue weighted by molar-refractivity contribution is 5.88. The average Bonchev–Trinajstić information content (AvgIpc) is 3.01. The third-order valence-electron chi connectivity index (χ3n) is 5.36. The minimum absolute atomic E-state index is 0.240. The van der Waals surface area contributed by atoms with Crippen LogP contribution in [0.15, 0.2) is 30.5 Å². The lowest BCUT2D eigenvalue weighted by Crippen LogP contribution is -2.35. The molecule has 1 saturated heterocycles. The summed E-state index contributed by atoms with van der Waals surface area (Å²) in [5, 5.41) is 10.5. The molecule has 0 unspecified atom stereocenters. The molecule has 3 heterocycles. The van der Waals surface area contributed by atoms with Crippen LogP contribution in [0.25, 0.3) is 22.2 Å². The van der Waals surface area contributed by atoms with Gasteiger partial charge < -0.3 is 4.57 Å². The second-order valence-electron chi connectivity index (χ2n) is 7.42. The summed E-state index contributed by atoms with van der Waals surface area (Å²) in [6, 6.07) is 8.20. The Balaban J connectivity index is 1.53. The van der Waals surface area contributed by atoms with E-state index in [2.05, 4.69) is 26.1 Å². The van der Waals surface area contributed by atoms with E-state index in [-0.39, 0.29) is 5.78 Å². The van der Waals surface area contributed by atoms with E-state index < -0.39 is 0 Å². The number of aromatic nitrogens is 4. The summed E-state index contributed by atoms with van der Waals surface area (Å²) in [6.07, 6.45) is 5.92. The predicted molar refractivity (Wildman–Crippen MR) is 105 cm³/mol. The van der Waals surface area contributed by atoms with E-state index in [1.807, 2.05) is 42.9 Å². The van der Waals surface area contributed by atoms with Gasteiger partial charge in [-0.2, -0.15) is 0 Å². The SMILES string of the molecule is Cc1nnc(-c2ccc3cnc(CC(=O)CN4CCCCC4)cc3c2)n1C. The van der Waals surface area contributed by atoms with Gasteiger partial charge in [0.1, 0.15) is 5.82 Å². The number of carbonyl (C=O) groups excluding carboxylic acids is 1. The summed E-state index contributed by atoms with van der Waals surface area (Å²) >= 11 is 0. The molecule has 27 heavy (non-hydrogen) atoms. The van der Waals surface area contributed by atoms with Crippen LogP contribution in [0.1, 0.15) is 30.8 Å². The van der Waals surface area contributed by atoms with Crippen molar-refractivity contribution in [2.24, 2.45) is 7.05 Å². The Morgan fingerprint density at radius 3 is 2.63 bits per heavy atom. The van der Waals surface area contributed by atoms with Crippen LogP contribution in [0.2, 0.25) is 0 Å². The second kappa shape index (κ2) is 7.56. The average molecular weight is 363 g/mol. The quantitative estimate of drug-likeness (QED) is 0.697. The molecular formula is C21H25N5O. The van der Waals surface area contributed by atoms with E-state index in [1.54, 1.807) is 0 Å². The van der Waals surface area contributed by atoms with Gasteiger partial charge in [-0.3, -0.25) is 14.7 Å². The number of hydrogen-bond donors (Lipinski definition) is 0. The number of aryl methyl sites for hydroxylation is 1. The number of rotatable bonds is 5. The van der Waals surface area contributed by atoms with Crippen LogP contribution < -0.4 is 0 Å². The van der Waals surface area contributed by atoms with Crippen LogP contribution in [-0.4, -0.2) is 50.1 Å². The monoisotopic (exact) mass is 363 g/mol. The maximum absolute atomic E-state index is 12.4. The first-order chi connectivity index (χ1) is 13.1. The van der Waals surface area contributed by atoms with Gasteiger partial charge in [0, 0.05) is 29.9 Å². The van der Waals surface area contributed by atoms with E-state index in [1.165, 1.54) is 19.3 Å². The first-order valence-electron chi connectivity index (χ1n) is 9.59. The summed E-state index contributed by atoms with van der Waals surface area (Å²) in [4.78, 5) is 19.2. The Morgan fingerprint density at radius 1 is 1.07 bits per heavy atom. The number of carbonyl (C=O) groups is 1. The van der Waals surface area contributed by atoms with Crippen LogP contribution in [0.3, 0.4) is 0 Å². The van der Waals surface area contributed by atoms with Gasteiger partial charge in [-0.15, -0.1) is 10.2 Å². The van der Waals surface area contributed by atoms with Crippen LogP contribution in [0, 0.1) is 6.92 Å². The first-order valence-corrected chi connectivity index (χ1v) is 9.59. The Bertz CT molecular complexity index is 972. The van der Waals surface area contributed by atoms with Crippen LogP contribution >= 0.6 is 0 Å². The van der Waals surface area contributed by atoms with E-state index in [0.717, 1.165) is 46.8 Å². The standard InChI is InChI=1S/C21H25N5O/c1-15-23-24-21(25(15)2)16-6-7-17-13-22-19(11-18(17)10-16)12-20(27)14-26-8-4-3-5-9-26/h6-7,10-11,13H,3-5,8-9,12,14H2,1-2H3. The molecule has 1 aliphatic heterocycles. The molecule has 0 amide bonds. The zero-order chi connectivity index (χ0) is 18.8. The minimum Gasteiger partial charge on any atom is -0.314 e. The van der Waals surface area contributed by atoms with Gasteiger partial charge in [0.15, 0.2) is 11.6 Å². The van der Waals surface area contributed by atoms with Gasteiger partial charge >= 0.3 is 0 Å². The maximum Gasteiger partial charge on any atom is 0.163 e. The van der Waals surface area contributed by atoms with Gasteiger partial charge in [0.2, 0.25) is 0 Å². The first kappa shape index (κ1) is 17.8. The van der Waals surface area contributed by atoms with Crippen LogP contribution in [0.4, 0.5) is 0 Å². The Hall–Kier alpha value is -2.60. The van der Waals surface area contributed by atoms with Crippen molar-refractivity contribution < 1.29 is 4.79 Å². The number of piperidine rings is 1. The van der Waals surface area contributed by atoms with Crippen LogP contribution in [-0.2, 0) is 18.3 Å². The van der Waals surface area contributed by atoms with E-state index in [4.69, 9.17) is 0 Å². The highest BCUT2D eigenvalue weighted by Crippen LogP contribution is 2.23. The van der Waals surface area contributed by atoms with Crippen molar-refractivity contribution in [1.82, 2.24) is 24.6 Å². The summed E-state index contributed by atoms with van der Waals surface area (Å²) in [5.41, 5.74) is 1.85. The highest BCUT2D eigenvalue weighted by atomic mass is 16.1. The number of likely N-dealkylation sites (tertiary alicyclic amines) is 1. The lowest BCUT2D eigenvalue weighted by Gasteiger charge is -2.25. The normalized spacial score (nSPS) is 15.3. The number of ketones is 1. The van der Waals surface area contributed by atoms with Crippen molar-refractivity contribution in [2.45, 2.75) is 32.6 Å². The molecule has 0 N–H and O–H groups in total. The van der Waals surface area contributed by atoms with E-state index in [9.17, 15) is 4.79 Å². The largest absolute Gasteiger partial charge is 0.314 e. The Morgan fingerprint density at radius 2 is 1.89 bits per heavy atom. The molecule has 0 aliphatic carbocycles. The number of fused-ring (bicyclic) bond motifs is 1. The summed E-state index contributed by atoms with van der Waals surface area (Å²) in [5.74, 6) is 1.96. The summed E-state index contributed by atoms with van der Waals surface area (Å²) in [6.45, 7) is 4.56. The summed E-state index contributed by atoms with van der Waals surface area (Å²) in [7, 11) is 1.96. The molecule has 4 rings (SSSR count). The fourth-order valence-corrected chi connectivity index (χ4v) is 3.71.